The average molecular weight is 281 g/mol. The van der Waals surface area contributed by atoms with Gasteiger partial charge in [0.05, 0.1) is 24.5 Å². The SMILES string of the molecule is COC1CNC(C(=O)NCC(c2ccco2)N(C)C)C1. The molecule has 0 aromatic carbocycles. The summed E-state index contributed by atoms with van der Waals surface area (Å²) in [7, 11) is 5.61. The fourth-order valence-electron chi connectivity index (χ4n) is 2.42. The maximum Gasteiger partial charge on any atom is 0.237 e. The number of rotatable bonds is 6. The number of methoxy groups -OCH3 is 1. The van der Waals surface area contributed by atoms with Crippen LogP contribution >= 0.6 is 0 Å². The number of carbonyl (C=O) groups is 1. The zero-order valence-corrected chi connectivity index (χ0v) is 12.3. The van der Waals surface area contributed by atoms with Gasteiger partial charge in [0.25, 0.3) is 0 Å². The molecule has 112 valence electrons. The first-order chi connectivity index (χ1) is 9.61. The monoisotopic (exact) mass is 281 g/mol. The summed E-state index contributed by atoms with van der Waals surface area (Å²) in [6, 6.07) is 3.65. The van der Waals surface area contributed by atoms with Gasteiger partial charge >= 0.3 is 0 Å². The van der Waals surface area contributed by atoms with Gasteiger partial charge in [-0.2, -0.15) is 0 Å². The van der Waals surface area contributed by atoms with Gasteiger partial charge in [-0.25, -0.2) is 0 Å². The molecule has 1 aliphatic rings. The van der Waals surface area contributed by atoms with Gasteiger partial charge in [0.1, 0.15) is 5.76 Å². The molecule has 6 nitrogen and oxygen atoms in total. The highest BCUT2D eigenvalue weighted by Crippen LogP contribution is 2.18. The number of likely N-dealkylation sites (N-methyl/N-ethyl adjacent to an activating group) is 1. The van der Waals surface area contributed by atoms with Gasteiger partial charge in [-0.05, 0) is 32.6 Å². The zero-order chi connectivity index (χ0) is 14.5. The Balaban J connectivity index is 1.85. The highest BCUT2D eigenvalue weighted by atomic mass is 16.5. The molecule has 1 saturated heterocycles. The lowest BCUT2D eigenvalue weighted by Gasteiger charge is -2.23. The van der Waals surface area contributed by atoms with Crippen LogP contribution in [0.25, 0.3) is 0 Å². The number of nitrogens with one attached hydrogen (secondary N) is 2. The van der Waals surface area contributed by atoms with Crippen LogP contribution < -0.4 is 10.6 Å². The molecule has 1 aromatic rings. The van der Waals surface area contributed by atoms with Crippen molar-refractivity contribution in [1.82, 2.24) is 15.5 Å². The Morgan fingerprint density at radius 2 is 2.45 bits per heavy atom. The summed E-state index contributed by atoms with van der Waals surface area (Å²) in [5.41, 5.74) is 0. The van der Waals surface area contributed by atoms with E-state index in [0.717, 1.165) is 18.7 Å². The van der Waals surface area contributed by atoms with Crippen molar-refractivity contribution in [2.75, 3.05) is 34.3 Å². The highest BCUT2D eigenvalue weighted by Gasteiger charge is 2.29. The van der Waals surface area contributed by atoms with Crippen LogP contribution in [0, 0.1) is 0 Å². The maximum atomic E-state index is 12.1. The normalized spacial score (nSPS) is 24.0. The molecule has 1 fully saturated rings. The minimum Gasteiger partial charge on any atom is -0.468 e. The molecule has 2 heterocycles. The van der Waals surface area contributed by atoms with Crippen LogP contribution in [0.5, 0.6) is 0 Å². The predicted octanol–water partition coefficient (Wildman–Crippen LogP) is 0.375. The van der Waals surface area contributed by atoms with Crippen molar-refractivity contribution in [3.63, 3.8) is 0 Å². The second-order valence-corrected chi connectivity index (χ2v) is 5.29. The zero-order valence-electron chi connectivity index (χ0n) is 12.3. The van der Waals surface area contributed by atoms with Crippen molar-refractivity contribution in [2.24, 2.45) is 0 Å². The first-order valence-electron chi connectivity index (χ1n) is 6.85. The van der Waals surface area contributed by atoms with Gasteiger partial charge in [0.15, 0.2) is 0 Å². The third kappa shape index (κ3) is 3.59. The molecule has 2 N–H and O–H groups in total. The van der Waals surface area contributed by atoms with Crippen LogP contribution in [0.3, 0.4) is 0 Å². The third-order valence-electron chi connectivity index (χ3n) is 3.70. The van der Waals surface area contributed by atoms with E-state index < -0.39 is 0 Å². The van der Waals surface area contributed by atoms with E-state index in [4.69, 9.17) is 9.15 Å². The molecule has 3 atom stereocenters. The predicted molar refractivity (Wildman–Crippen MR) is 75.4 cm³/mol. The first kappa shape index (κ1) is 15.0. The maximum absolute atomic E-state index is 12.1. The van der Waals surface area contributed by atoms with Gasteiger partial charge in [0, 0.05) is 20.2 Å². The smallest absolute Gasteiger partial charge is 0.237 e. The lowest BCUT2D eigenvalue weighted by Crippen LogP contribution is -2.43. The molecule has 1 amide bonds. The molecule has 1 aromatic heterocycles. The fourth-order valence-corrected chi connectivity index (χ4v) is 2.42. The van der Waals surface area contributed by atoms with Crippen molar-refractivity contribution in [3.05, 3.63) is 24.2 Å². The Morgan fingerprint density at radius 1 is 1.65 bits per heavy atom. The second-order valence-electron chi connectivity index (χ2n) is 5.29. The number of ether oxygens (including phenoxy) is 1. The lowest BCUT2D eigenvalue weighted by atomic mass is 10.1. The van der Waals surface area contributed by atoms with Gasteiger partial charge in [0.2, 0.25) is 5.91 Å². The van der Waals surface area contributed by atoms with Crippen LogP contribution in [0.15, 0.2) is 22.8 Å². The van der Waals surface area contributed by atoms with E-state index in [9.17, 15) is 4.79 Å². The Bertz CT molecular complexity index is 419. The standard InChI is InChI=1S/C14H23N3O3/c1-17(2)12(13-5-4-6-20-13)9-16-14(18)11-7-10(19-3)8-15-11/h4-6,10-12,15H,7-9H2,1-3H3,(H,16,18). The number of nitrogens with zero attached hydrogens (tertiary/aromatic N) is 1. The van der Waals surface area contributed by atoms with Gasteiger partial charge in [-0.1, -0.05) is 0 Å². The van der Waals surface area contributed by atoms with Crippen LogP contribution in [0.4, 0.5) is 0 Å². The van der Waals surface area contributed by atoms with E-state index in [1.165, 1.54) is 0 Å². The fraction of sp³-hybridized carbons (Fsp3) is 0.643. The van der Waals surface area contributed by atoms with Crippen molar-refractivity contribution < 1.29 is 13.9 Å². The molecule has 0 saturated carbocycles. The summed E-state index contributed by atoms with van der Waals surface area (Å²) < 4.78 is 10.7. The quantitative estimate of drug-likeness (QED) is 0.789. The Morgan fingerprint density at radius 3 is 3.00 bits per heavy atom. The largest absolute Gasteiger partial charge is 0.468 e. The van der Waals surface area contributed by atoms with Crippen LogP contribution in [0.1, 0.15) is 18.2 Å². The van der Waals surface area contributed by atoms with Gasteiger partial charge in [-0.15, -0.1) is 0 Å². The number of amides is 1. The van der Waals surface area contributed by atoms with Crippen LogP contribution in [0.2, 0.25) is 0 Å². The minimum atomic E-state index is -0.167. The molecule has 0 radical (unpaired) electrons. The van der Waals surface area contributed by atoms with Crippen molar-refractivity contribution in [3.8, 4) is 0 Å². The number of hydrogen-bond donors (Lipinski definition) is 2. The van der Waals surface area contributed by atoms with E-state index >= 15 is 0 Å². The average Bonchev–Trinajstić information content (AvgIpc) is 3.09. The number of carbonyl (C=O) groups excluding carboxylic acids is 1. The molecular formula is C14H23N3O3. The lowest BCUT2D eigenvalue weighted by molar-refractivity contribution is -0.123. The summed E-state index contributed by atoms with van der Waals surface area (Å²) in [6.07, 6.45) is 2.49. The topological polar surface area (TPSA) is 66.7 Å². The number of hydrogen-bond acceptors (Lipinski definition) is 5. The molecule has 3 unspecified atom stereocenters. The Kier molecular flexibility index (Phi) is 5.17. The molecule has 0 spiro atoms. The number of furan rings is 1. The van der Waals surface area contributed by atoms with E-state index in [0.29, 0.717) is 6.54 Å². The summed E-state index contributed by atoms with van der Waals surface area (Å²) in [6.45, 7) is 1.25. The van der Waals surface area contributed by atoms with Crippen molar-refractivity contribution in [2.45, 2.75) is 24.6 Å². The van der Waals surface area contributed by atoms with E-state index in [2.05, 4.69) is 10.6 Å². The van der Waals surface area contributed by atoms with E-state index in [-0.39, 0.29) is 24.1 Å². The molecule has 0 aliphatic carbocycles. The van der Waals surface area contributed by atoms with Crippen molar-refractivity contribution >= 4 is 5.91 Å². The minimum absolute atomic E-state index is 0.0166. The highest BCUT2D eigenvalue weighted by molar-refractivity contribution is 5.82. The van der Waals surface area contributed by atoms with E-state index in [1.807, 2.05) is 31.1 Å². The summed E-state index contributed by atoms with van der Waals surface area (Å²) >= 11 is 0. The Hall–Kier alpha value is -1.37. The van der Waals surface area contributed by atoms with Crippen LogP contribution in [-0.4, -0.2) is 57.2 Å². The van der Waals surface area contributed by atoms with E-state index in [1.54, 1.807) is 13.4 Å². The van der Waals surface area contributed by atoms with Crippen molar-refractivity contribution in [1.29, 1.82) is 0 Å². The molecule has 2 rings (SSSR count). The summed E-state index contributed by atoms with van der Waals surface area (Å²) in [5, 5.41) is 6.15. The summed E-state index contributed by atoms with van der Waals surface area (Å²) in [5.74, 6) is 0.868. The summed E-state index contributed by atoms with van der Waals surface area (Å²) in [4.78, 5) is 14.2. The van der Waals surface area contributed by atoms with Gasteiger partial charge in [-0.3, -0.25) is 9.69 Å². The molecular weight excluding hydrogens is 258 g/mol. The first-order valence-corrected chi connectivity index (χ1v) is 6.85. The van der Waals surface area contributed by atoms with Crippen LogP contribution in [-0.2, 0) is 9.53 Å². The Labute approximate surface area is 119 Å². The molecule has 6 heteroatoms. The molecule has 20 heavy (non-hydrogen) atoms. The second kappa shape index (κ2) is 6.88. The van der Waals surface area contributed by atoms with Gasteiger partial charge < -0.3 is 19.8 Å². The molecule has 0 bridgehead atoms. The third-order valence-corrected chi connectivity index (χ3v) is 3.70. The molecule has 1 aliphatic heterocycles.